The van der Waals surface area contributed by atoms with Gasteiger partial charge >= 0.3 is 0 Å². The second-order valence-corrected chi connectivity index (χ2v) is 11.7. The van der Waals surface area contributed by atoms with E-state index in [1.807, 2.05) is 66.9 Å². The van der Waals surface area contributed by atoms with Crippen molar-refractivity contribution < 1.29 is 24.5 Å². The molecule has 0 saturated carbocycles. The molecule has 0 N–H and O–H groups in total. The maximum atomic E-state index is 6.36. The van der Waals surface area contributed by atoms with Crippen molar-refractivity contribution in [1.82, 2.24) is 15.0 Å². The van der Waals surface area contributed by atoms with Crippen LogP contribution in [0.2, 0.25) is 0 Å². The average molecular weight is 800 g/mol. The zero-order valence-corrected chi connectivity index (χ0v) is 29.6. The van der Waals surface area contributed by atoms with E-state index in [4.69, 9.17) is 9.40 Å². The van der Waals surface area contributed by atoms with Gasteiger partial charge in [0.05, 0.1) is 11.3 Å². The third-order valence-corrected chi connectivity index (χ3v) is 8.47. The molecule has 1 radical (unpaired) electrons. The van der Waals surface area contributed by atoms with E-state index >= 15 is 0 Å². The monoisotopic (exact) mass is 800 g/mol. The Morgan fingerprint density at radius 3 is 2.04 bits per heavy atom. The molecule has 5 heteroatoms. The van der Waals surface area contributed by atoms with Crippen molar-refractivity contribution in [2.75, 3.05) is 0 Å². The molecule has 0 fully saturated rings. The average Bonchev–Trinajstić information content (AvgIpc) is 3.49. The third kappa shape index (κ3) is 6.61. The predicted octanol–water partition coefficient (Wildman–Crippen LogP) is 11.0. The topological polar surface area (TPSA) is 51.8 Å². The minimum Gasteiger partial charge on any atom is -0.486 e. The summed E-state index contributed by atoms with van der Waals surface area (Å²) in [5.74, 6) is 0. The van der Waals surface area contributed by atoms with Crippen LogP contribution < -0.4 is 0 Å². The zero-order valence-electron chi connectivity index (χ0n) is 27.2. The largest absolute Gasteiger partial charge is 0.486 e. The molecule has 237 valence electrons. The molecule has 0 bridgehead atoms. The van der Waals surface area contributed by atoms with Crippen LogP contribution in [0.1, 0.15) is 22.3 Å². The van der Waals surface area contributed by atoms with Gasteiger partial charge in [-0.15, -0.1) is 54.1 Å². The Labute approximate surface area is 294 Å². The Kier molecular flexibility index (Phi) is 9.72. The molecule has 4 aromatic heterocycles. The second kappa shape index (κ2) is 14.3. The number of furan rings is 1. The summed E-state index contributed by atoms with van der Waals surface area (Å²) >= 11 is 0. The van der Waals surface area contributed by atoms with Crippen LogP contribution in [-0.2, 0) is 20.1 Å². The standard InChI is InChI=1S/C32H25N2O.C11H8N.Ir/c1-19-17-29(33-18-22(19)4)27-12-8-11-25-26-13-14-28(34-32(26)35-31(25)27)30-20(2)15-24(16-21(30)3)23-9-6-5-7-10-23;1-2-6-10(7-3-1)11-8-4-5-9-12-11;/h5-11,13-18H,1-4H3;1-6,8-9H;/q2*-1;. The zero-order chi connectivity index (χ0) is 32.3. The number of benzene rings is 4. The van der Waals surface area contributed by atoms with Crippen LogP contribution >= 0.6 is 0 Å². The SMILES string of the molecule is Cc1cnc(-c2[c-]ccc3c2oc2nc(-c4c(C)cc(-c5ccccc5)cc4C)ccc23)cc1C.[Ir].[c-]1ccccc1-c1ccccn1. The predicted molar refractivity (Wildman–Crippen MR) is 192 cm³/mol. The third-order valence-electron chi connectivity index (χ3n) is 8.47. The summed E-state index contributed by atoms with van der Waals surface area (Å²) in [5, 5.41) is 2.03. The molecule has 0 aliphatic carbocycles. The van der Waals surface area contributed by atoms with Crippen molar-refractivity contribution in [1.29, 1.82) is 0 Å². The molecular formula is C43H33IrN3O-2. The van der Waals surface area contributed by atoms with E-state index in [0.717, 1.165) is 50.1 Å². The number of nitrogens with zero attached hydrogens (tertiary/aromatic N) is 3. The van der Waals surface area contributed by atoms with Gasteiger partial charge in [0.2, 0.25) is 5.71 Å². The van der Waals surface area contributed by atoms with Crippen molar-refractivity contribution in [2.45, 2.75) is 27.7 Å². The molecule has 8 aromatic rings. The number of aryl methyl sites for hydroxylation is 4. The van der Waals surface area contributed by atoms with Gasteiger partial charge in [0.25, 0.3) is 0 Å². The van der Waals surface area contributed by atoms with E-state index in [-0.39, 0.29) is 20.1 Å². The summed E-state index contributed by atoms with van der Waals surface area (Å²) < 4.78 is 6.36. The van der Waals surface area contributed by atoms with Crippen LogP contribution in [0.4, 0.5) is 0 Å². The van der Waals surface area contributed by atoms with Crippen molar-refractivity contribution in [3.63, 3.8) is 0 Å². The van der Waals surface area contributed by atoms with Gasteiger partial charge in [-0.25, -0.2) is 4.98 Å². The fourth-order valence-electron chi connectivity index (χ4n) is 5.95. The second-order valence-electron chi connectivity index (χ2n) is 11.7. The van der Waals surface area contributed by atoms with Gasteiger partial charge in [-0.1, -0.05) is 77.2 Å². The van der Waals surface area contributed by atoms with Crippen LogP contribution in [0.3, 0.4) is 0 Å². The Balaban J connectivity index is 0.000000260. The summed E-state index contributed by atoms with van der Waals surface area (Å²) in [6, 6.07) is 45.4. The first-order valence-electron chi connectivity index (χ1n) is 15.7. The molecule has 0 amide bonds. The molecule has 0 atom stereocenters. The maximum absolute atomic E-state index is 6.36. The normalized spacial score (nSPS) is 10.8. The van der Waals surface area contributed by atoms with Gasteiger partial charge in [-0.2, -0.15) is 0 Å². The van der Waals surface area contributed by atoms with Gasteiger partial charge in [0.1, 0.15) is 0 Å². The number of hydrogen-bond donors (Lipinski definition) is 0. The molecule has 8 rings (SSSR count). The molecule has 4 aromatic carbocycles. The van der Waals surface area contributed by atoms with Gasteiger partial charge in [0, 0.05) is 43.4 Å². The smallest absolute Gasteiger partial charge is 0.216 e. The fraction of sp³-hybridized carbons (Fsp3) is 0.0930. The summed E-state index contributed by atoms with van der Waals surface area (Å²) in [5.41, 5.74) is 14.4. The Hall–Kier alpha value is -5.22. The van der Waals surface area contributed by atoms with Crippen molar-refractivity contribution >= 4 is 22.1 Å². The minimum absolute atomic E-state index is 0. The molecular weight excluding hydrogens is 767 g/mol. The van der Waals surface area contributed by atoms with E-state index in [9.17, 15) is 0 Å². The van der Waals surface area contributed by atoms with E-state index in [2.05, 4.69) is 104 Å². The molecule has 48 heavy (non-hydrogen) atoms. The van der Waals surface area contributed by atoms with Crippen LogP contribution in [0.15, 0.2) is 132 Å². The Morgan fingerprint density at radius 2 is 1.33 bits per heavy atom. The number of fused-ring (bicyclic) bond motifs is 3. The van der Waals surface area contributed by atoms with Crippen LogP contribution in [0.25, 0.3) is 67.0 Å². The van der Waals surface area contributed by atoms with Crippen LogP contribution in [0, 0.1) is 39.8 Å². The Morgan fingerprint density at radius 1 is 0.562 bits per heavy atom. The number of rotatable bonds is 4. The van der Waals surface area contributed by atoms with E-state index in [0.29, 0.717) is 5.71 Å². The summed E-state index contributed by atoms with van der Waals surface area (Å²) in [6.45, 7) is 8.47. The van der Waals surface area contributed by atoms with Gasteiger partial charge < -0.3 is 14.4 Å². The molecule has 4 heterocycles. The summed E-state index contributed by atoms with van der Waals surface area (Å²) in [6.07, 6.45) is 3.69. The van der Waals surface area contributed by atoms with Gasteiger partial charge in [0.15, 0.2) is 0 Å². The van der Waals surface area contributed by atoms with E-state index < -0.39 is 0 Å². The van der Waals surface area contributed by atoms with E-state index in [1.54, 1.807) is 6.20 Å². The first kappa shape index (κ1) is 32.7. The summed E-state index contributed by atoms with van der Waals surface area (Å²) in [4.78, 5) is 13.8. The Bertz CT molecular complexity index is 2270. The maximum Gasteiger partial charge on any atom is 0.216 e. The van der Waals surface area contributed by atoms with Crippen molar-refractivity contribution in [2.24, 2.45) is 0 Å². The van der Waals surface area contributed by atoms with Gasteiger partial charge in [-0.05, 0) is 85.1 Å². The first-order valence-corrected chi connectivity index (χ1v) is 15.7. The van der Waals surface area contributed by atoms with Gasteiger partial charge in [-0.3, -0.25) is 0 Å². The molecule has 0 aliphatic heterocycles. The number of pyridine rings is 3. The van der Waals surface area contributed by atoms with Crippen molar-refractivity contribution in [3.05, 3.63) is 162 Å². The fourth-order valence-corrected chi connectivity index (χ4v) is 5.95. The molecule has 0 aliphatic rings. The van der Waals surface area contributed by atoms with Crippen molar-refractivity contribution in [3.8, 4) is 44.9 Å². The minimum atomic E-state index is 0. The van der Waals surface area contributed by atoms with Crippen LogP contribution in [0.5, 0.6) is 0 Å². The molecule has 0 unspecified atom stereocenters. The molecule has 0 saturated heterocycles. The van der Waals surface area contributed by atoms with Crippen LogP contribution in [-0.4, -0.2) is 15.0 Å². The van der Waals surface area contributed by atoms with E-state index in [1.165, 1.54) is 33.4 Å². The molecule has 0 spiro atoms. The quantitative estimate of drug-likeness (QED) is 0.166. The number of aromatic nitrogens is 3. The summed E-state index contributed by atoms with van der Waals surface area (Å²) in [7, 11) is 0. The molecule has 4 nitrogen and oxygen atoms in total. The number of hydrogen-bond acceptors (Lipinski definition) is 4. The first-order chi connectivity index (χ1) is 23.0.